The summed E-state index contributed by atoms with van der Waals surface area (Å²) in [6.07, 6.45) is 0.405. The second-order valence-electron chi connectivity index (χ2n) is 5.88. The molecule has 2 aromatic rings. The zero-order valence-electron chi connectivity index (χ0n) is 14.7. The number of carbonyl (C=O) groups excluding carboxylic acids is 1. The van der Waals surface area contributed by atoms with E-state index in [0.29, 0.717) is 5.57 Å². The molecule has 0 fully saturated rings. The summed E-state index contributed by atoms with van der Waals surface area (Å²) in [6, 6.07) is 18.2. The number of ether oxygens (including phenoxy) is 3. The van der Waals surface area contributed by atoms with Crippen LogP contribution in [0.5, 0.6) is 5.75 Å². The fraction of sp³-hybridized carbons (Fsp3) is 0.286. The van der Waals surface area contributed by atoms with Gasteiger partial charge in [-0.15, -0.1) is 0 Å². The molecule has 1 atom stereocenters. The van der Waals surface area contributed by atoms with Gasteiger partial charge >= 0.3 is 5.97 Å². The van der Waals surface area contributed by atoms with Crippen LogP contribution in [0.25, 0.3) is 0 Å². The third-order valence-corrected chi connectivity index (χ3v) is 3.59. The Hall–Kier alpha value is -2.59. The molecule has 0 amide bonds. The summed E-state index contributed by atoms with van der Waals surface area (Å²) in [5.74, 6) is 0.285. The lowest BCUT2D eigenvalue weighted by Crippen LogP contribution is -2.29. The van der Waals surface area contributed by atoms with E-state index in [1.807, 2.05) is 42.5 Å². The number of benzene rings is 2. The number of methoxy groups -OCH3 is 1. The molecule has 0 heterocycles. The van der Waals surface area contributed by atoms with E-state index in [2.05, 4.69) is 18.7 Å². The van der Waals surface area contributed by atoms with Gasteiger partial charge in [0.05, 0.1) is 6.61 Å². The Morgan fingerprint density at radius 3 is 2.24 bits per heavy atom. The van der Waals surface area contributed by atoms with Crippen LogP contribution >= 0.6 is 0 Å². The third-order valence-electron chi connectivity index (χ3n) is 3.59. The zero-order chi connectivity index (χ0) is 18.1. The van der Waals surface area contributed by atoms with Crippen LogP contribution in [0.4, 0.5) is 0 Å². The predicted molar refractivity (Wildman–Crippen MR) is 97.8 cm³/mol. The normalized spacial score (nSPS) is 11.6. The highest BCUT2D eigenvalue weighted by atomic mass is 16.6. The fourth-order valence-corrected chi connectivity index (χ4v) is 2.28. The molecule has 0 bridgehead atoms. The van der Waals surface area contributed by atoms with Crippen LogP contribution in [0.15, 0.2) is 66.7 Å². The van der Waals surface area contributed by atoms with Gasteiger partial charge in [0.1, 0.15) is 12.4 Å². The van der Waals surface area contributed by atoms with Gasteiger partial charge in [0, 0.05) is 12.7 Å². The molecule has 4 heteroatoms. The summed E-state index contributed by atoms with van der Waals surface area (Å²) in [5, 5.41) is 0. The van der Waals surface area contributed by atoms with Gasteiger partial charge in [0.25, 0.3) is 0 Å². The van der Waals surface area contributed by atoms with E-state index in [4.69, 9.17) is 14.2 Å². The number of rotatable bonds is 9. The average Bonchev–Trinajstić information content (AvgIpc) is 2.62. The van der Waals surface area contributed by atoms with Crippen LogP contribution in [0.3, 0.4) is 0 Å². The molecular weight excluding hydrogens is 316 g/mol. The number of hydrogen-bond acceptors (Lipinski definition) is 4. The average molecular weight is 340 g/mol. The van der Waals surface area contributed by atoms with E-state index in [1.165, 1.54) is 11.1 Å². The summed E-state index contributed by atoms with van der Waals surface area (Å²) in [5.41, 5.74) is 2.83. The molecule has 0 N–H and O–H groups in total. The van der Waals surface area contributed by atoms with Gasteiger partial charge in [-0.1, -0.05) is 49.0 Å². The van der Waals surface area contributed by atoms with Crippen molar-refractivity contribution in [2.24, 2.45) is 0 Å². The van der Waals surface area contributed by atoms with Crippen LogP contribution in [0, 0.1) is 0 Å². The van der Waals surface area contributed by atoms with Crippen molar-refractivity contribution in [2.45, 2.75) is 19.4 Å². The summed E-state index contributed by atoms with van der Waals surface area (Å²) in [6.45, 7) is 5.68. The first-order chi connectivity index (χ1) is 12.1. The summed E-state index contributed by atoms with van der Waals surface area (Å²) < 4.78 is 16.1. The Morgan fingerprint density at radius 1 is 1.00 bits per heavy atom. The maximum Gasteiger partial charge on any atom is 0.333 e. The van der Waals surface area contributed by atoms with Crippen molar-refractivity contribution in [1.82, 2.24) is 0 Å². The van der Waals surface area contributed by atoms with Gasteiger partial charge in [0.2, 0.25) is 0 Å². The molecule has 1 unspecified atom stereocenters. The van der Waals surface area contributed by atoms with Crippen molar-refractivity contribution >= 4 is 5.97 Å². The van der Waals surface area contributed by atoms with Crippen LogP contribution in [0.2, 0.25) is 0 Å². The smallest absolute Gasteiger partial charge is 0.333 e. The highest BCUT2D eigenvalue weighted by molar-refractivity contribution is 5.87. The van der Waals surface area contributed by atoms with Crippen molar-refractivity contribution in [3.63, 3.8) is 0 Å². The van der Waals surface area contributed by atoms with E-state index >= 15 is 0 Å². The van der Waals surface area contributed by atoms with Gasteiger partial charge < -0.3 is 14.2 Å². The molecule has 0 aliphatic carbocycles. The van der Waals surface area contributed by atoms with E-state index in [9.17, 15) is 4.79 Å². The lowest BCUT2D eigenvalue weighted by Gasteiger charge is -2.18. The molecule has 0 spiro atoms. The van der Waals surface area contributed by atoms with E-state index in [-0.39, 0.29) is 13.2 Å². The maximum absolute atomic E-state index is 11.6. The Labute approximate surface area is 149 Å². The molecule has 2 aromatic carbocycles. The molecule has 0 aliphatic heterocycles. The van der Waals surface area contributed by atoms with Gasteiger partial charge in [-0.2, -0.15) is 0 Å². The molecule has 132 valence electrons. The minimum Gasteiger partial charge on any atom is -0.490 e. The SMILES string of the molecule is C=C(C)C(=O)OC(COC)COc1ccc(Cc2ccccc2)cc1. The van der Waals surface area contributed by atoms with Gasteiger partial charge in [0.15, 0.2) is 6.10 Å². The van der Waals surface area contributed by atoms with Crippen molar-refractivity contribution in [1.29, 1.82) is 0 Å². The van der Waals surface area contributed by atoms with E-state index in [0.717, 1.165) is 12.2 Å². The quantitative estimate of drug-likeness (QED) is 0.515. The number of hydrogen-bond donors (Lipinski definition) is 0. The number of esters is 1. The highest BCUT2D eigenvalue weighted by Gasteiger charge is 2.16. The minimum absolute atomic E-state index is 0.227. The maximum atomic E-state index is 11.6. The second-order valence-corrected chi connectivity index (χ2v) is 5.88. The fourth-order valence-electron chi connectivity index (χ4n) is 2.28. The lowest BCUT2D eigenvalue weighted by molar-refractivity contribution is -0.148. The monoisotopic (exact) mass is 340 g/mol. The molecular formula is C21H24O4. The third kappa shape index (κ3) is 6.43. The molecule has 0 aromatic heterocycles. The van der Waals surface area contributed by atoms with Crippen molar-refractivity contribution in [2.75, 3.05) is 20.3 Å². The van der Waals surface area contributed by atoms with Crippen LogP contribution < -0.4 is 4.74 Å². The Bertz CT molecular complexity index is 677. The summed E-state index contributed by atoms with van der Waals surface area (Å²) in [4.78, 5) is 11.6. The van der Waals surface area contributed by atoms with Gasteiger partial charge in [-0.3, -0.25) is 0 Å². The van der Waals surface area contributed by atoms with Crippen molar-refractivity contribution in [3.05, 3.63) is 77.9 Å². The molecule has 0 radical (unpaired) electrons. The standard InChI is InChI=1S/C21H24O4/c1-16(2)21(22)25-20(14-23-3)15-24-19-11-9-18(10-12-19)13-17-7-5-4-6-8-17/h4-12,20H,1,13-15H2,2-3H3. The van der Waals surface area contributed by atoms with Gasteiger partial charge in [-0.25, -0.2) is 4.79 Å². The second kappa shape index (κ2) is 9.64. The van der Waals surface area contributed by atoms with Crippen molar-refractivity contribution < 1.29 is 19.0 Å². The largest absolute Gasteiger partial charge is 0.490 e. The molecule has 0 aliphatic rings. The zero-order valence-corrected chi connectivity index (χ0v) is 14.7. The topological polar surface area (TPSA) is 44.8 Å². The lowest BCUT2D eigenvalue weighted by atomic mass is 10.1. The molecule has 25 heavy (non-hydrogen) atoms. The van der Waals surface area contributed by atoms with Crippen LogP contribution in [-0.2, 0) is 20.7 Å². The molecule has 0 saturated carbocycles. The van der Waals surface area contributed by atoms with E-state index < -0.39 is 12.1 Å². The molecule has 0 saturated heterocycles. The first kappa shape index (κ1) is 18.7. The Balaban J connectivity index is 1.88. The summed E-state index contributed by atoms with van der Waals surface area (Å²) in [7, 11) is 1.56. The van der Waals surface area contributed by atoms with Crippen LogP contribution in [0.1, 0.15) is 18.1 Å². The van der Waals surface area contributed by atoms with Gasteiger partial charge in [-0.05, 0) is 36.6 Å². The van der Waals surface area contributed by atoms with Crippen molar-refractivity contribution in [3.8, 4) is 5.75 Å². The van der Waals surface area contributed by atoms with E-state index in [1.54, 1.807) is 14.0 Å². The molecule has 4 nitrogen and oxygen atoms in total. The Kier molecular flexibility index (Phi) is 7.23. The number of carbonyl (C=O) groups is 1. The van der Waals surface area contributed by atoms with Crippen LogP contribution in [-0.4, -0.2) is 32.4 Å². The minimum atomic E-state index is -0.474. The highest BCUT2D eigenvalue weighted by Crippen LogP contribution is 2.16. The Morgan fingerprint density at radius 2 is 1.64 bits per heavy atom. The first-order valence-electron chi connectivity index (χ1n) is 8.19. The predicted octanol–water partition coefficient (Wildman–Crippen LogP) is 3.79. The first-order valence-corrected chi connectivity index (χ1v) is 8.19. The summed E-state index contributed by atoms with van der Waals surface area (Å²) >= 11 is 0. The molecule has 2 rings (SSSR count).